The molecule has 0 fully saturated rings. The summed E-state index contributed by atoms with van der Waals surface area (Å²) in [5.41, 5.74) is 1.75. The van der Waals surface area contributed by atoms with Crippen LogP contribution in [0.25, 0.3) is 0 Å². The van der Waals surface area contributed by atoms with Crippen molar-refractivity contribution in [2.24, 2.45) is 5.92 Å². The van der Waals surface area contributed by atoms with Gasteiger partial charge >= 0.3 is 0 Å². The molecular weight excluding hydrogens is 318 g/mol. The molecule has 0 bridgehead atoms. The molecule has 0 aliphatic rings. The van der Waals surface area contributed by atoms with Crippen LogP contribution in [0.3, 0.4) is 0 Å². The van der Waals surface area contributed by atoms with Crippen LogP contribution >= 0.6 is 34.8 Å². The SMILES string of the molecule is Fc1c(Cl)cccc1CC(CCl)Cc1ccc(Cl)cc1. The van der Waals surface area contributed by atoms with Crippen molar-refractivity contribution in [3.63, 3.8) is 0 Å². The van der Waals surface area contributed by atoms with Gasteiger partial charge in [-0.25, -0.2) is 4.39 Å². The highest BCUT2D eigenvalue weighted by molar-refractivity contribution is 6.31. The predicted octanol–water partition coefficient (Wildman–Crippen LogP) is 5.77. The molecule has 0 aliphatic heterocycles. The lowest BCUT2D eigenvalue weighted by atomic mass is 9.94. The molecular formula is C16H14Cl3F. The van der Waals surface area contributed by atoms with E-state index in [0.29, 0.717) is 22.9 Å². The summed E-state index contributed by atoms with van der Waals surface area (Å²) >= 11 is 17.7. The fourth-order valence-electron chi connectivity index (χ4n) is 2.15. The van der Waals surface area contributed by atoms with Crippen molar-refractivity contribution in [3.8, 4) is 0 Å². The fraction of sp³-hybridized carbons (Fsp3) is 0.250. The zero-order valence-electron chi connectivity index (χ0n) is 10.8. The lowest BCUT2D eigenvalue weighted by Gasteiger charge is -2.15. The van der Waals surface area contributed by atoms with E-state index in [2.05, 4.69) is 0 Å². The average Bonchev–Trinajstić information content (AvgIpc) is 2.45. The van der Waals surface area contributed by atoms with Crippen LogP contribution < -0.4 is 0 Å². The van der Waals surface area contributed by atoms with Crippen LogP contribution in [0, 0.1) is 11.7 Å². The first-order valence-corrected chi connectivity index (χ1v) is 7.62. The molecule has 0 aromatic heterocycles. The molecule has 0 amide bonds. The van der Waals surface area contributed by atoms with E-state index in [1.807, 2.05) is 24.3 Å². The first-order chi connectivity index (χ1) is 9.60. The Kier molecular flexibility index (Phi) is 5.71. The third-order valence-electron chi connectivity index (χ3n) is 3.20. The lowest BCUT2D eigenvalue weighted by Crippen LogP contribution is -2.11. The van der Waals surface area contributed by atoms with Crippen LogP contribution in [0.1, 0.15) is 11.1 Å². The molecule has 0 heterocycles. The first-order valence-electron chi connectivity index (χ1n) is 6.33. The van der Waals surface area contributed by atoms with Crippen LogP contribution in [0.4, 0.5) is 4.39 Å². The van der Waals surface area contributed by atoms with Crippen molar-refractivity contribution in [2.45, 2.75) is 12.8 Å². The van der Waals surface area contributed by atoms with Gasteiger partial charge in [-0.15, -0.1) is 11.6 Å². The summed E-state index contributed by atoms with van der Waals surface area (Å²) in [6, 6.07) is 12.7. The van der Waals surface area contributed by atoms with Gasteiger partial charge in [0.2, 0.25) is 0 Å². The van der Waals surface area contributed by atoms with Gasteiger partial charge in [0.15, 0.2) is 0 Å². The Morgan fingerprint density at radius 3 is 2.30 bits per heavy atom. The largest absolute Gasteiger partial charge is 0.205 e. The number of rotatable bonds is 5. The summed E-state index contributed by atoms with van der Waals surface area (Å²) in [6.07, 6.45) is 1.35. The van der Waals surface area contributed by atoms with E-state index < -0.39 is 0 Å². The fourth-order valence-corrected chi connectivity index (χ4v) is 2.69. The van der Waals surface area contributed by atoms with Gasteiger partial charge in [0.25, 0.3) is 0 Å². The Hall–Kier alpha value is -0.760. The van der Waals surface area contributed by atoms with Crippen LogP contribution in [0.15, 0.2) is 42.5 Å². The van der Waals surface area contributed by atoms with Gasteiger partial charge < -0.3 is 0 Å². The monoisotopic (exact) mass is 330 g/mol. The summed E-state index contributed by atoms with van der Waals surface area (Å²) in [7, 11) is 0. The maximum absolute atomic E-state index is 13.9. The molecule has 2 rings (SSSR count). The van der Waals surface area contributed by atoms with Gasteiger partial charge in [-0.1, -0.05) is 47.5 Å². The minimum absolute atomic E-state index is 0.155. The Morgan fingerprint density at radius 2 is 1.65 bits per heavy atom. The lowest BCUT2D eigenvalue weighted by molar-refractivity contribution is 0.546. The second-order valence-corrected chi connectivity index (χ2v) is 5.92. The van der Waals surface area contributed by atoms with Crippen LogP contribution in [-0.2, 0) is 12.8 Å². The van der Waals surface area contributed by atoms with Gasteiger partial charge in [-0.05, 0) is 48.1 Å². The summed E-state index contributed by atoms with van der Waals surface area (Å²) in [5, 5.41) is 0.861. The van der Waals surface area contributed by atoms with E-state index in [1.165, 1.54) is 0 Å². The predicted molar refractivity (Wildman–Crippen MR) is 84.5 cm³/mol. The highest BCUT2D eigenvalue weighted by Gasteiger charge is 2.14. The number of hydrogen-bond donors (Lipinski definition) is 0. The van der Waals surface area contributed by atoms with Gasteiger partial charge in [0.1, 0.15) is 5.82 Å². The quantitative estimate of drug-likeness (QED) is 0.610. The zero-order valence-corrected chi connectivity index (χ0v) is 13.0. The molecule has 1 unspecified atom stereocenters. The minimum atomic E-state index is -0.347. The van der Waals surface area contributed by atoms with E-state index in [9.17, 15) is 4.39 Å². The van der Waals surface area contributed by atoms with Crippen molar-refractivity contribution < 1.29 is 4.39 Å². The number of halogens is 4. The highest BCUT2D eigenvalue weighted by atomic mass is 35.5. The molecule has 0 N–H and O–H groups in total. The Bertz CT molecular complexity index is 566. The third-order valence-corrected chi connectivity index (χ3v) is 4.18. The van der Waals surface area contributed by atoms with Gasteiger partial charge in [0, 0.05) is 10.9 Å². The van der Waals surface area contributed by atoms with Crippen LogP contribution in [0.5, 0.6) is 0 Å². The number of hydrogen-bond acceptors (Lipinski definition) is 0. The van der Waals surface area contributed by atoms with Crippen LogP contribution in [0.2, 0.25) is 10.0 Å². The molecule has 2 aromatic rings. The van der Waals surface area contributed by atoms with Crippen molar-refractivity contribution >= 4 is 34.8 Å². The molecule has 4 heteroatoms. The van der Waals surface area contributed by atoms with Crippen molar-refractivity contribution in [1.29, 1.82) is 0 Å². The molecule has 1 atom stereocenters. The van der Waals surface area contributed by atoms with Crippen LogP contribution in [-0.4, -0.2) is 5.88 Å². The smallest absolute Gasteiger partial charge is 0.144 e. The molecule has 0 aliphatic carbocycles. The summed E-state index contributed by atoms with van der Waals surface area (Å²) in [4.78, 5) is 0. The average molecular weight is 332 g/mol. The first kappa shape index (κ1) is 15.6. The molecule has 0 spiro atoms. The van der Waals surface area contributed by atoms with Gasteiger partial charge in [-0.3, -0.25) is 0 Å². The van der Waals surface area contributed by atoms with E-state index in [4.69, 9.17) is 34.8 Å². The molecule has 106 valence electrons. The normalized spacial score (nSPS) is 12.4. The van der Waals surface area contributed by atoms with Crippen molar-refractivity contribution in [3.05, 3.63) is 69.5 Å². The minimum Gasteiger partial charge on any atom is -0.205 e. The van der Waals surface area contributed by atoms with Gasteiger partial charge in [-0.2, -0.15) is 0 Å². The summed E-state index contributed by atoms with van der Waals surface area (Å²) in [6.45, 7) is 0. The topological polar surface area (TPSA) is 0 Å². The van der Waals surface area contributed by atoms with E-state index in [-0.39, 0.29) is 16.8 Å². The Labute approximate surface area is 133 Å². The summed E-state index contributed by atoms with van der Waals surface area (Å²) in [5.74, 6) is 0.278. The third kappa shape index (κ3) is 4.12. The molecule has 0 saturated carbocycles. The van der Waals surface area contributed by atoms with Crippen molar-refractivity contribution in [2.75, 3.05) is 5.88 Å². The summed E-state index contributed by atoms with van der Waals surface area (Å²) < 4.78 is 13.9. The zero-order chi connectivity index (χ0) is 14.5. The van der Waals surface area contributed by atoms with E-state index in [1.54, 1.807) is 18.2 Å². The molecule has 0 saturated heterocycles. The Balaban J connectivity index is 2.09. The molecule has 0 radical (unpaired) electrons. The second kappa shape index (κ2) is 7.31. The highest BCUT2D eigenvalue weighted by Crippen LogP contribution is 2.23. The van der Waals surface area contributed by atoms with E-state index in [0.717, 1.165) is 12.0 Å². The number of benzene rings is 2. The maximum atomic E-state index is 13.9. The molecule has 0 nitrogen and oxygen atoms in total. The molecule has 20 heavy (non-hydrogen) atoms. The standard InChI is InChI=1S/C16H14Cl3F/c17-10-12(8-11-4-6-14(18)7-5-11)9-13-2-1-3-15(19)16(13)20/h1-7,12H,8-10H2. The second-order valence-electron chi connectivity index (χ2n) is 4.77. The number of alkyl halides is 1. The maximum Gasteiger partial charge on any atom is 0.144 e. The van der Waals surface area contributed by atoms with Gasteiger partial charge in [0.05, 0.1) is 5.02 Å². The Morgan fingerprint density at radius 1 is 0.950 bits per heavy atom. The molecule has 2 aromatic carbocycles. The van der Waals surface area contributed by atoms with Crippen molar-refractivity contribution in [1.82, 2.24) is 0 Å². The van der Waals surface area contributed by atoms with E-state index >= 15 is 0 Å².